The predicted molar refractivity (Wildman–Crippen MR) is 203 cm³/mol. The van der Waals surface area contributed by atoms with Gasteiger partial charge in [0.2, 0.25) is 11.8 Å². The van der Waals surface area contributed by atoms with E-state index in [1.54, 1.807) is 6.08 Å². The summed E-state index contributed by atoms with van der Waals surface area (Å²) in [5.41, 5.74) is 0.746. The van der Waals surface area contributed by atoms with Gasteiger partial charge in [-0.1, -0.05) is 95.7 Å². The molecule has 1 aliphatic heterocycles. The molecule has 1 aliphatic carbocycles. The third-order valence-electron chi connectivity index (χ3n) is 9.66. The van der Waals surface area contributed by atoms with E-state index >= 15 is 0 Å². The van der Waals surface area contributed by atoms with Crippen LogP contribution in [0.2, 0.25) is 0 Å². The number of nitrogens with zero attached hydrogens (tertiary/aromatic N) is 1. The Morgan fingerprint density at radius 1 is 1.04 bits per heavy atom. The zero-order valence-electron chi connectivity index (χ0n) is 30.7. The number of thioether (sulfide) groups is 1. The minimum absolute atomic E-state index is 0.0229. The fourth-order valence-corrected chi connectivity index (χ4v) is 8.71. The number of carbonyl (C=O) groups excluding carboxylic acids is 3. The number of nitrogens with one attached hydrogen (secondary N) is 4. The summed E-state index contributed by atoms with van der Waals surface area (Å²) in [6, 6.07) is 7.23. The second kappa shape index (κ2) is 22.5. The second-order valence-electron chi connectivity index (χ2n) is 14.0. The number of carbonyl (C=O) groups is 3. The SMILES string of the molecule is C=CCSC(NC(=O)[C@H](Cc1ccccc1)NS(=O)(=O)N1CCOCC1)C(=O)NC(CC1CCCCC1)C(O)CC(C(=O)NCCCC)C(C)C. The number of amides is 3. The number of ether oxygens (including phenoxy) is 1. The first-order valence-corrected chi connectivity index (χ1v) is 21.1. The number of hydrogen-bond acceptors (Lipinski definition) is 8. The van der Waals surface area contributed by atoms with Crippen molar-refractivity contribution in [2.75, 3.05) is 38.6 Å². The van der Waals surface area contributed by atoms with Crippen molar-refractivity contribution < 1.29 is 32.6 Å². The molecule has 5 atom stereocenters. The Morgan fingerprint density at radius 2 is 1.73 bits per heavy atom. The van der Waals surface area contributed by atoms with Crippen molar-refractivity contribution >= 4 is 39.7 Å². The first-order chi connectivity index (χ1) is 24.4. The Balaban J connectivity index is 1.82. The Hall–Kier alpha value is -2.49. The van der Waals surface area contributed by atoms with Crippen molar-refractivity contribution in [3.05, 3.63) is 48.6 Å². The summed E-state index contributed by atoms with van der Waals surface area (Å²) >= 11 is 1.15. The molecule has 51 heavy (non-hydrogen) atoms. The van der Waals surface area contributed by atoms with Crippen LogP contribution < -0.4 is 20.7 Å². The molecule has 1 aromatic carbocycles. The smallest absolute Gasteiger partial charge is 0.280 e. The highest BCUT2D eigenvalue weighted by molar-refractivity contribution is 8.00. The number of hydrogen-bond donors (Lipinski definition) is 5. The Bertz CT molecular complexity index is 1320. The van der Waals surface area contributed by atoms with Crippen LogP contribution >= 0.6 is 11.8 Å². The van der Waals surface area contributed by atoms with Crippen LogP contribution in [0.5, 0.6) is 0 Å². The van der Waals surface area contributed by atoms with Crippen LogP contribution in [0.4, 0.5) is 0 Å². The largest absolute Gasteiger partial charge is 0.391 e. The zero-order valence-corrected chi connectivity index (χ0v) is 32.3. The lowest BCUT2D eigenvalue weighted by atomic mass is 9.81. The molecule has 3 amide bonds. The Morgan fingerprint density at radius 3 is 2.35 bits per heavy atom. The molecule has 2 aliphatic rings. The molecule has 4 unspecified atom stereocenters. The molecule has 288 valence electrons. The maximum Gasteiger partial charge on any atom is 0.280 e. The van der Waals surface area contributed by atoms with Crippen molar-refractivity contribution in [1.82, 2.24) is 25.0 Å². The molecular formula is C37H61N5O7S2. The van der Waals surface area contributed by atoms with Crippen LogP contribution in [0, 0.1) is 17.8 Å². The number of unbranched alkanes of at least 4 members (excludes halogenated alkanes) is 1. The molecule has 1 saturated carbocycles. The van der Waals surface area contributed by atoms with Crippen LogP contribution in [0.1, 0.15) is 84.1 Å². The Labute approximate surface area is 309 Å². The summed E-state index contributed by atoms with van der Waals surface area (Å²) in [6.07, 6.45) is 8.61. The van der Waals surface area contributed by atoms with E-state index in [1.807, 2.05) is 44.2 Å². The third-order valence-corrected chi connectivity index (χ3v) is 12.4. The highest BCUT2D eigenvalue weighted by atomic mass is 32.2. The fourth-order valence-electron chi connectivity index (χ4n) is 6.63. The zero-order chi connectivity index (χ0) is 37.2. The molecule has 1 aromatic rings. The molecule has 0 aromatic heterocycles. The van der Waals surface area contributed by atoms with Gasteiger partial charge >= 0.3 is 0 Å². The summed E-state index contributed by atoms with van der Waals surface area (Å²) in [6.45, 7) is 11.2. The first-order valence-electron chi connectivity index (χ1n) is 18.6. The van der Waals surface area contributed by atoms with Gasteiger partial charge in [-0.3, -0.25) is 14.4 Å². The highest BCUT2D eigenvalue weighted by Crippen LogP contribution is 2.30. The van der Waals surface area contributed by atoms with Crippen LogP contribution in [0.15, 0.2) is 43.0 Å². The predicted octanol–water partition coefficient (Wildman–Crippen LogP) is 3.52. The minimum atomic E-state index is -4.05. The second-order valence-corrected chi connectivity index (χ2v) is 16.9. The summed E-state index contributed by atoms with van der Waals surface area (Å²) < 4.78 is 35.9. The first kappa shape index (κ1) is 42.9. The average molecular weight is 752 g/mol. The van der Waals surface area contributed by atoms with E-state index in [0.717, 1.165) is 62.3 Å². The number of aliphatic hydroxyl groups is 1. The lowest BCUT2D eigenvalue weighted by molar-refractivity contribution is -0.129. The van der Waals surface area contributed by atoms with Gasteiger partial charge in [0.1, 0.15) is 6.04 Å². The van der Waals surface area contributed by atoms with Gasteiger partial charge in [-0.15, -0.1) is 18.3 Å². The van der Waals surface area contributed by atoms with E-state index < -0.39 is 51.5 Å². The molecule has 1 heterocycles. The normalized spacial score (nSPS) is 19.0. The van der Waals surface area contributed by atoms with Crippen LogP contribution in [0.25, 0.3) is 0 Å². The van der Waals surface area contributed by atoms with Crippen LogP contribution in [-0.2, 0) is 35.8 Å². The van der Waals surface area contributed by atoms with Gasteiger partial charge in [-0.2, -0.15) is 17.4 Å². The summed E-state index contributed by atoms with van der Waals surface area (Å²) in [5.74, 6) is -1.07. The molecule has 0 spiro atoms. The summed E-state index contributed by atoms with van der Waals surface area (Å²) in [5, 5.41) is 19.4. The number of morpholine rings is 1. The van der Waals surface area contributed by atoms with Gasteiger partial charge in [0, 0.05) is 31.3 Å². The maximum atomic E-state index is 14.1. The fraction of sp³-hybridized carbons (Fsp3) is 0.703. The van der Waals surface area contributed by atoms with Crippen molar-refractivity contribution in [3.8, 4) is 0 Å². The van der Waals surface area contributed by atoms with E-state index in [0.29, 0.717) is 24.6 Å². The Kier molecular flexibility index (Phi) is 19.0. The molecule has 5 N–H and O–H groups in total. The molecule has 12 nitrogen and oxygen atoms in total. The quantitative estimate of drug-likeness (QED) is 0.0683. The lowest BCUT2D eigenvalue weighted by Gasteiger charge is -2.33. The van der Waals surface area contributed by atoms with E-state index in [2.05, 4.69) is 34.2 Å². The summed E-state index contributed by atoms with van der Waals surface area (Å²) in [7, 11) is -4.05. The van der Waals surface area contributed by atoms with Gasteiger partial charge < -0.3 is 25.8 Å². The molecule has 0 bridgehead atoms. The van der Waals surface area contributed by atoms with Crippen molar-refractivity contribution in [1.29, 1.82) is 0 Å². The van der Waals surface area contributed by atoms with Gasteiger partial charge in [-0.25, -0.2) is 0 Å². The molecule has 3 rings (SSSR count). The molecule has 0 radical (unpaired) electrons. The maximum absolute atomic E-state index is 14.1. The monoisotopic (exact) mass is 751 g/mol. The molecule has 2 fully saturated rings. The summed E-state index contributed by atoms with van der Waals surface area (Å²) in [4.78, 5) is 41.1. The van der Waals surface area contributed by atoms with Crippen LogP contribution in [0.3, 0.4) is 0 Å². The number of benzene rings is 1. The minimum Gasteiger partial charge on any atom is -0.391 e. The highest BCUT2D eigenvalue weighted by Gasteiger charge is 2.36. The molecule has 14 heteroatoms. The van der Waals surface area contributed by atoms with E-state index in [4.69, 9.17) is 4.74 Å². The third kappa shape index (κ3) is 14.8. The van der Waals surface area contributed by atoms with Crippen molar-refractivity contribution in [2.24, 2.45) is 17.8 Å². The molecular weight excluding hydrogens is 691 g/mol. The average Bonchev–Trinajstić information content (AvgIpc) is 3.12. The van der Waals surface area contributed by atoms with Crippen LogP contribution in [-0.4, -0.2) is 97.7 Å². The topological polar surface area (TPSA) is 166 Å². The van der Waals surface area contributed by atoms with Gasteiger partial charge in [0.25, 0.3) is 16.1 Å². The number of aliphatic hydroxyl groups excluding tert-OH is 1. The van der Waals surface area contributed by atoms with Gasteiger partial charge in [0.15, 0.2) is 5.37 Å². The van der Waals surface area contributed by atoms with E-state index in [9.17, 15) is 27.9 Å². The van der Waals surface area contributed by atoms with Crippen molar-refractivity contribution in [2.45, 2.75) is 109 Å². The number of rotatable bonds is 22. The van der Waals surface area contributed by atoms with E-state index in [-0.39, 0.29) is 51.0 Å². The van der Waals surface area contributed by atoms with Gasteiger partial charge in [0.05, 0.1) is 25.4 Å². The lowest BCUT2D eigenvalue weighted by Crippen LogP contribution is -2.58. The van der Waals surface area contributed by atoms with E-state index in [1.165, 1.54) is 4.31 Å². The molecule has 1 saturated heterocycles. The standard InChI is InChI=1S/C37H61N5O7S2/c1-5-7-18-38-34(44)30(27(3)4)26-33(43)31(24-28-14-10-8-11-15-28)39-36(46)37(50-23-6-2)40-35(45)32(25-29-16-12-9-13-17-29)41-51(47,48)42-19-21-49-22-20-42/h6,9,12-13,16-17,27-28,30-33,37,41,43H,2,5,7-8,10-11,14-15,18-26H2,1,3-4H3,(H,38,44)(H,39,46)(H,40,45)/t30?,31?,32-,33?,37?/m0/s1. The van der Waals surface area contributed by atoms with Crippen molar-refractivity contribution in [3.63, 3.8) is 0 Å². The van der Waals surface area contributed by atoms with Gasteiger partial charge in [-0.05, 0) is 43.1 Å².